The van der Waals surface area contributed by atoms with E-state index in [9.17, 15) is 28.2 Å². The summed E-state index contributed by atoms with van der Waals surface area (Å²) in [6.45, 7) is 1.93. The molecule has 9 heteroatoms. The summed E-state index contributed by atoms with van der Waals surface area (Å²) in [5, 5.41) is 20.6. The number of rotatable bonds is 4. The molecule has 28 heavy (non-hydrogen) atoms. The second-order valence-corrected chi connectivity index (χ2v) is 7.55. The Morgan fingerprint density at radius 1 is 1.29 bits per heavy atom. The number of carbonyl (C=O) groups excluding carboxylic acids is 1. The summed E-state index contributed by atoms with van der Waals surface area (Å²) in [4.78, 5) is 17.6. The van der Waals surface area contributed by atoms with Crippen molar-refractivity contribution in [2.75, 3.05) is 13.1 Å². The summed E-state index contributed by atoms with van der Waals surface area (Å²) < 4.78 is 40.7. The van der Waals surface area contributed by atoms with Gasteiger partial charge in [-0.1, -0.05) is 18.2 Å². The van der Waals surface area contributed by atoms with E-state index in [-0.39, 0.29) is 18.8 Å². The van der Waals surface area contributed by atoms with Gasteiger partial charge in [0, 0.05) is 24.2 Å². The third-order valence-electron chi connectivity index (χ3n) is 4.65. The van der Waals surface area contributed by atoms with Crippen molar-refractivity contribution in [1.82, 2.24) is 9.88 Å². The lowest BCUT2D eigenvalue weighted by Gasteiger charge is -2.32. The lowest BCUT2D eigenvalue weighted by atomic mass is 9.96. The summed E-state index contributed by atoms with van der Waals surface area (Å²) in [5.41, 5.74) is -1.11. The van der Waals surface area contributed by atoms with Gasteiger partial charge in [-0.3, -0.25) is 4.79 Å². The van der Waals surface area contributed by atoms with Crippen molar-refractivity contribution in [3.8, 4) is 5.75 Å². The Kier molecular flexibility index (Phi) is 5.49. The number of aromatic hydroxyl groups is 1. The maximum Gasteiger partial charge on any atom is 0.424 e. The molecule has 2 heterocycles. The van der Waals surface area contributed by atoms with E-state index in [1.165, 1.54) is 17.2 Å². The zero-order chi connectivity index (χ0) is 20.5. The molecule has 3 rings (SSSR count). The Morgan fingerprint density at radius 2 is 1.96 bits per heavy atom. The minimum absolute atomic E-state index is 0.140. The fourth-order valence-corrected chi connectivity index (χ4v) is 3.92. The average Bonchev–Trinajstić information content (AvgIpc) is 3.08. The first-order valence-corrected chi connectivity index (χ1v) is 9.46. The molecule has 5 nitrogen and oxygen atoms in total. The first kappa shape index (κ1) is 20.3. The van der Waals surface area contributed by atoms with Crippen molar-refractivity contribution in [2.24, 2.45) is 0 Å². The Hall–Kier alpha value is -2.39. The number of amides is 1. The average molecular weight is 412 g/mol. The van der Waals surface area contributed by atoms with Crippen LogP contribution in [0.5, 0.6) is 5.75 Å². The first-order chi connectivity index (χ1) is 13.1. The van der Waals surface area contributed by atoms with Crippen molar-refractivity contribution in [1.29, 1.82) is 0 Å². The molecule has 2 N–H and O–H groups in total. The number of aryl methyl sites for hydroxylation is 1. The van der Waals surface area contributed by atoms with Crippen LogP contribution in [0.1, 0.15) is 29.1 Å². The Bertz CT molecular complexity index is 893. The maximum atomic E-state index is 13.6. The summed E-state index contributed by atoms with van der Waals surface area (Å²) in [6, 6.07) is 6.58. The molecule has 0 aliphatic carbocycles. The normalized spacial score (nSPS) is 17.2. The number of alkyl halides is 3. The van der Waals surface area contributed by atoms with Gasteiger partial charge in [0.2, 0.25) is 11.5 Å². The zero-order valence-electron chi connectivity index (χ0n) is 15.0. The van der Waals surface area contributed by atoms with Crippen molar-refractivity contribution in [3.05, 3.63) is 52.0 Å². The molecule has 0 bridgehead atoms. The molecule has 1 aliphatic heterocycles. The molecule has 1 aromatic heterocycles. The van der Waals surface area contributed by atoms with Gasteiger partial charge in [-0.25, -0.2) is 4.98 Å². The van der Waals surface area contributed by atoms with E-state index in [4.69, 9.17) is 0 Å². The minimum Gasteiger partial charge on any atom is -0.508 e. The van der Waals surface area contributed by atoms with Gasteiger partial charge in [-0.05, 0) is 36.6 Å². The van der Waals surface area contributed by atoms with E-state index < -0.39 is 29.1 Å². The molecule has 2 aromatic rings. The summed E-state index contributed by atoms with van der Waals surface area (Å²) in [5.74, 6) is -0.644. The van der Waals surface area contributed by atoms with Crippen molar-refractivity contribution >= 4 is 22.8 Å². The van der Waals surface area contributed by atoms with E-state index in [1.807, 2.05) is 0 Å². The second kappa shape index (κ2) is 7.56. The number of aromatic nitrogens is 1. The van der Waals surface area contributed by atoms with Gasteiger partial charge in [-0.15, -0.1) is 11.3 Å². The molecular formula is C19H19F3N2O3S. The molecule has 0 saturated heterocycles. The van der Waals surface area contributed by atoms with Crippen LogP contribution in [0.3, 0.4) is 0 Å². The highest BCUT2D eigenvalue weighted by molar-refractivity contribution is 7.09. The van der Waals surface area contributed by atoms with Gasteiger partial charge in [-0.2, -0.15) is 13.2 Å². The number of phenols is 1. The number of thiazole rings is 1. The topological polar surface area (TPSA) is 73.7 Å². The highest BCUT2D eigenvalue weighted by Crippen LogP contribution is 2.43. The lowest BCUT2D eigenvalue weighted by molar-refractivity contribution is -0.268. The van der Waals surface area contributed by atoms with Crippen LogP contribution in [0, 0.1) is 6.92 Å². The van der Waals surface area contributed by atoms with Crippen LogP contribution in [0.2, 0.25) is 0 Å². The number of carbonyl (C=O) groups is 1. The van der Waals surface area contributed by atoms with Gasteiger partial charge >= 0.3 is 6.18 Å². The lowest BCUT2D eigenvalue weighted by Crippen LogP contribution is -2.47. The summed E-state index contributed by atoms with van der Waals surface area (Å²) >= 11 is 0.687. The van der Waals surface area contributed by atoms with E-state index >= 15 is 0 Å². The van der Waals surface area contributed by atoms with Crippen molar-refractivity contribution in [3.63, 3.8) is 0 Å². The fourth-order valence-electron chi connectivity index (χ4n) is 3.01. The molecule has 150 valence electrons. The zero-order valence-corrected chi connectivity index (χ0v) is 15.8. The quantitative estimate of drug-likeness (QED) is 0.805. The van der Waals surface area contributed by atoms with Gasteiger partial charge < -0.3 is 15.1 Å². The van der Waals surface area contributed by atoms with Gasteiger partial charge in [0.25, 0.3) is 0 Å². The minimum atomic E-state index is -5.02. The van der Waals surface area contributed by atoms with Crippen LogP contribution in [-0.4, -0.2) is 45.3 Å². The standard InChI is InChI=1S/C19H19F3N2O3S/c1-12-11-28-17(23-12)18(27,19(20,21)22)10-16(26)24-8-6-14(7-9-24)13-2-4-15(25)5-3-13/h2-6,11,25,27H,7-10H2,1H3. The van der Waals surface area contributed by atoms with Gasteiger partial charge in [0.15, 0.2) is 0 Å². The summed E-state index contributed by atoms with van der Waals surface area (Å²) in [6.07, 6.45) is -3.88. The van der Waals surface area contributed by atoms with E-state index in [1.54, 1.807) is 30.3 Å². The number of benzene rings is 1. The molecule has 1 aliphatic rings. The molecule has 0 fully saturated rings. The van der Waals surface area contributed by atoms with Crippen molar-refractivity contribution < 1.29 is 28.2 Å². The predicted octanol–water partition coefficient (Wildman–Crippen LogP) is 3.61. The van der Waals surface area contributed by atoms with Crippen LogP contribution in [-0.2, 0) is 10.4 Å². The third kappa shape index (κ3) is 4.05. The first-order valence-electron chi connectivity index (χ1n) is 8.58. The third-order valence-corrected chi connectivity index (χ3v) is 5.76. The molecule has 1 atom stereocenters. The monoisotopic (exact) mass is 412 g/mol. The Balaban J connectivity index is 1.74. The number of phenolic OH excluding ortho intramolecular Hbond substituents is 1. The maximum absolute atomic E-state index is 13.6. The number of hydrogen-bond donors (Lipinski definition) is 2. The van der Waals surface area contributed by atoms with E-state index in [0.717, 1.165) is 11.1 Å². The van der Waals surface area contributed by atoms with Crippen LogP contribution >= 0.6 is 11.3 Å². The molecule has 1 unspecified atom stereocenters. The Labute approximate surface area is 163 Å². The largest absolute Gasteiger partial charge is 0.508 e. The predicted molar refractivity (Wildman–Crippen MR) is 98.7 cm³/mol. The van der Waals surface area contributed by atoms with Gasteiger partial charge in [0.1, 0.15) is 10.8 Å². The highest BCUT2D eigenvalue weighted by atomic mass is 32.1. The number of aliphatic hydroxyl groups is 1. The van der Waals surface area contributed by atoms with Crippen LogP contribution in [0.25, 0.3) is 5.57 Å². The molecule has 0 spiro atoms. The van der Waals surface area contributed by atoms with Crippen molar-refractivity contribution in [2.45, 2.75) is 31.5 Å². The molecule has 1 amide bonds. The van der Waals surface area contributed by atoms with Crippen LogP contribution in [0.15, 0.2) is 35.7 Å². The number of halogens is 3. The van der Waals surface area contributed by atoms with Crippen LogP contribution < -0.4 is 0 Å². The Morgan fingerprint density at radius 3 is 2.46 bits per heavy atom. The van der Waals surface area contributed by atoms with E-state index in [2.05, 4.69) is 4.98 Å². The molecule has 0 saturated carbocycles. The number of hydrogen-bond acceptors (Lipinski definition) is 5. The van der Waals surface area contributed by atoms with Crippen LogP contribution in [0.4, 0.5) is 13.2 Å². The molecule has 1 aromatic carbocycles. The molecular weight excluding hydrogens is 393 g/mol. The van der Waals surface area contributed by atoms with Gasteiger partial charge in [0.05, 0.1) is 6.42 Å². The fraction of sp³-hybridized carbons (Fsp3) is 0.368. The highest BCUT2D eigenvalue weighted by Gasteiger charge is 2.58. The molecule has 0 radical (unpaired) electrons. The summed E-state index contributed by atoms with van der Waals surface area (Å²) in [7, 11) is 0. The SMILES string of the molecule is Cc1csc(C(O)(CC(=O)N2CC=C(c3ccc(O)cc3)CC2)C(F)(F)F)n1. The second-order valence-electron chi connectivity index (χ2n) is 6.69. The van der Waals surface area contributed by atoms with E-state index in [0.29, 0.717) is 23.5 Å². The number of nitrogens with zero attached hydrogens (tertiary/aromatic N) is 2. The smallest absolute Gasteiger partial charge is 0.424 e.